The van der Waals surface area contributed by atoms with Gasteiger partial charge in [0.15, 0.2) is 18.9 Å². The standard InChI is InChI=1S/C12H22O11.C6H12O6.C4H6O3/c13-1-3-5(15)6(16)9(19)12(22-3)23-10-4(2-14)21-11(20)8(18)7(10)17;7-1-3(9)5(11)6(12)4(10)2-8;1-3(5)4(6)7-2/h3-20H,1-2H2;1,3-6,8-12H,2H2;1-2H3/t3-,4-,5-,6+,7-,8-,9-,10-,11-,12+;3-,4+,5+,6+;/m10./s1. The number of carbonyl (C=O) groups excluding carboxylic acids is 3. The molecule has 0 aliphatic carbocycles. The summed E-state index contributed by atoms with van der Waals surface area (Å²) >= 11 is 0. The average Bonchev–Trinajstić information content (AvgIpc) is 2.99. The average molecular weight is 625 g/mol. The zero-order chi connectivity index (χ0) is 32.9. The predicted molar refractivity (Wildman–Crippen MR) is 128 cm³/mol. The third-order valence-electron chi connectivity index (χ3n) is 5.87. The Balaban J connectivity index is 0.000000739. The lowest BCUT2D eigenvalue weighted by atomic mass is 9.97. The van der Waals surface area contributed by atoms with Crippen molar-refractivity contribution in [1.82, 2.24) is 0 Å². The molecule has 0 amide bonds. The number of ketones is 1. The van der Waals surface area contributed by atoms with E-state index in [0.29, 0.717) is 0 Å². The summed E-state index contributed by atoms with van der Waals surface area (Å²) in [6.07, 6.45) is -22.4. The molecular weight excluding hydrogens is 584 g/mol. The summed E-state index contributed by atoms with van der Waals surface area (Å²) in [5, 5.41) is 120. The van der Waals surface area contributed by atoms with Gasteiger partial charge in [-0.05, 0) is 0 Å². The van der Waals surface area contributed by atoms with Crippen LogP contribution in [0.25, 0.3) is 0 Å². The first-order valence-corrected chi connectivity index (χ1v) is 12.2. The molecule has 0 radical (unpaired) electrons. The van der Waals surface area contributed by atoms with Gasteiger partial charge in [-0.2, -0.15) is 0 Å². The molecule has 13 N–H and O–H groups in total. The molecule has 2 rings (SSSR count). The maximum absolute atomic E-state index is 9.94. The summed E-state index contributed by atoms with van der Waals surface area (Å²) in [5.74, 6) is -1.36. The van der Waals surface area contributed by atoms with Gasteiger partial charge in [0, 0.05) is 6.92 Å². The van der Waals surface area contributed by atoms with E-state index in [0.717, 1.165) is 6.92 Å². The Labute approximate surface area is 238 Å². The lowest BCUT2D eigenvalue weighted by molar-refractivity contribution is -0.355. The van der Waals surface area contributed by atoms with Gasteiger partial charge in [-0.25, -0.2) is 4.79 Å². The van der Waals surface area contributed by atoms with Crippen LogP contribution in [0.15, 0.2) is 0 Å². The first-order chi connectivity index (χ1) is 19.5. The first-order valence-electron chi connectivity index (χ1n) is 12.2. The van der Waals surface area contributed by atoms with Crippen LogP contribution < -0.4 is 0 Å². The molecule has 0 aromatic heterocycles. The third kappa shape index (κ3) is 11.3. The van der Waals surface area contributed by atoms with Crippen LogP contribution in [0.5, 0.6) is 0 Å². The highest BCUT2D eigenvalue weighted by atomic mass is 16.7. The number of esters is 1. The van der Waals surface area contributed by atoms with Gasteiger partial charge in [-0.3, -0.25) is 4.79 Å². The fraction of sp³-hybridized carbons (Fsp3) is 0.864. The molecule has 2 aliphatic heterocycles. The van der Waals surface area contributed by atoms with Crippen molar-refractivity contribution >= 4 is 18.0 Å². The molecule has 0 saturated carbocycles. The van der Waals surface area contributed by atoms with Crippen LogP contribution in [0, 0.1) is 0 Å². The van der Waals surface area contributed by atoms with E-state index in [1.807, 2.05) is 0 Å². The quantitative estimate of drug-likeness (QED) is 0.0609. The molecule has 0 aromatic rings. The molecule has 20 heteroatoms. The molecule has 2 aliphatic rings. The van der Waals surface area contributed by atoms with Crippen molar-refractivity contribution in [2.75, 3.05) is 26.9 Å². The van der Waals surface area contributed by atoms with Crippen molar-refractivity contribution in [2.45, 2.75) is 92.8 Å². The van der Waals surface area contributed by atoms with E-state index >= 15 is 0 Å². The molecule has 42 heavy (non-hydrogen) atoms. The molecule has 14 atom stereocenters. The Bertz CT molecular complexity index is 796. The van der Waals surface area contributed by atoms with Crippen molar-refractivity contribution in [1.29, 1.82) is 0 Å². The molecule has 248 valence electrons. The van der Waals surface area contributed by atoms with Crippen LogP contribution in [0.3, 0.4) is 0 Å². The molecule has 2 fully saturated rings. The van der Waals surface area contributed by atoms with Crippen molar-refractivity contribution in [3.63, 3.8) is 0 Å². The van der Waals surface area contributed by atoms with Gasteiger partial charge >= 0.3 is 5.97 Å². The van der Waals surface area contributed by atoms with Crippen LogP contribution in [0.4, 0.5) is 0 Å². The molecule has 0 spiro atoms. The number of aliphatic hydroxyl groups is 13. The van der Waals surface area contributed by atoms with Crippen LogP contribution in [-0.4, -0.2) is 197 Å². The summed E-state index contributed by atoms with van der Waals surface area (Å²) in [6.45, 7) is -0.947. The normalized spacial score (nSPS) is 35.6. The SMILES string of the molecule is COC(=O)C(C)=O.O=C[C@H](O)[C@@H](O)[C@H](O)[C@H](O)CO.OC[C@H]1O[C@@H](O[C@H]2[C@H](O)[C@@H](O)[C@H](O)O[C@@H]2CO)[C@H](O)[C@@H](O)[C@@H]1O. The topological polar surface area (TPSA) is 351 Å². The van der Waals surface area contributed by atoms with Crippen molar-refractivity contribution in [3.8, 4) is 0 Å². The molecule has 2 heterocycles. The highest BCUT2D eigenvalue weighted by Crippen LogP contribution is 2.28. The van der Waals surface area contributed by atoms with Crippen LogP contribution in [-0.2, 0) is 33.3 Å². The Hall–Kier alpha value is -1.83. The minimum Gasteiger partial charge on any atom is -0.463 e. The molecule has 0 bridgehead atoms. The number of carbonyl (C=O) groups is 3. The summed E-state index contributed by atoms with van der Waals surface area (Å²) in [7, 11) is 1.17. The van der Waals surface area contributed by atoms with Crippen molar-refractivity contribution in [2.24, 2.45) is 0 Å². The highest BCUT2D eigenvalue weighted by molar-refractivity contribution is 6.32. The number of hydrogen-bond donors (Lipinski definition) is 13. The third-order valence-corrected chi connectivity index (χ3v) is 5.87. The number of aldehydes is 1. The first kappa shape index (κ1) is 40.2. The van der Waals surface area contributed by atoms with Crippen molar-refractivity contribution < 1.29 is 99.7 Å². The second-order valence-electron chi connectivity index (χ2n) is 8.93. The lowest BCUT2D eigenvalue weighted by Gasteiger charge is -2.45. The van der Waals surface area contributed by atoms with Crippen LogP contribution >= 0.6 is 0 Å². The minimum atomic E-state index is -1.79. The molecule has 2 saturated heterocycles. The summed E-state index contributed by atoms with van der Waals surface area (Å²) < 4.78 is 19.3. The fourth-order valence-corrected chi connectivity index (χ4v) is 3.33. The molecule has 0 aromatic carbocycles. The molecule has 20 nitrogen and oxygen atoms in total. The Morgan fingerprint density at radius 1 is 0.786 bits per heavy atom. The van der Waals surface area contributed by atoms with Gasteiger partial charge in [0.05, 0.1) is 26.9 Å². The van der Waals surface area contributed by atoms with E-state index in [-0.39, 0.29) is 6.29 Å². The number of methoxy groups -OCH3 is 1. The van der Waals surface area contributed by atoms with E-state index in [9.17, 15) is 50.1 Å². The zero-order valence-electron chi connectivity index (χ0n) is 22.5. The van der Waals surface area contributed by atoms with Gasteiger partial charge in [0.1, 0.15) is 73.2 Å². The van der Waals surface area contributed by atoms with Crippen LogP contribution in [0.2, 0.25) is 0 Å². The Kier molecular flexibility index (Phi) is 18.6. The van der Waals surface area contributed by atoms with Gasteiger partial charge in [0.2, 0.25) is 5.78 Å². The van der Waals surface area contributed by atoms with Crippen LogP contribution in [0.1, 0.15) is 6.92 Å². The number of rotatable bonds is 10. The minimum absolute atomic E-state index is 0.0258. The van der Waals surface area contributed by atoms with E-state index in [1.54, 1.807) is 0 Å². The highest BCUT2D eigenvalue weighted by Gasteiger charge is 2.50. The van der Waals surface area contributed by atoms with Gasteiger partial charge in [0.25, 0.3) is 0 Å². The fourth-order valence-electron chi connectivity index (χ4n) is 3.33. The zero-order valence-corrected chi connectivity index (χ0v) is 22.5. The van der Waals surface area contributed by atoms with E-state index < -0.39 is 117 Å². The predicted octanol–water partition coefficient (Wildman–Crippen LogP) is -9.03. The largest absolute Gasteiger partial charge is 0.463 e. The summed E-state index contributed by atoms with van der Waals surface area (Å²) in [5.41, 5.74) is 0. The number of ether oxygens (including phenoxy) is 4. The Morgan fingerprint density at radius 2 is 1.33 bits per heavy atom. The van der Waals surface area contributed by atoms with E-state index in [1.165, 1.54) is 7.11 Å². The van der Waals surface area contributed by atoms with Gasteiger partial charge < -0.3 is 90.1 Å². The van der Waals surface area contributed by atoms with E-state index in [2.05, 4.69) is 4.74 Å². The number of aliphatic hydroxyl groups excluding tert-OH is 13. The van der Waals surface area contributed by atoms with Crippen molar-refractivity contribution in [3.05, 3.63) is 0 Å². The lowest BCUT2D eigenvalue weighted by Crippen LogP contribution is -2.64. The summed E-state index contributed by atoms with van der Waals surface area (Å²) in [4.78, 5) is 29.7. The molecular formula is C22H40O20. The number of Topliss-reactive ketones (excluding diaryl/α,β-unsaturated/α-hetero) is 1. The smallest absolute Gasteiger partial charge is 0.374 e. The Morgan fingerprint density at radius 3 is 1.74 bits per heavy atom. The molecule has 0 unspecified atom stereocenters. The maximum atomic E-state index is 9.94. The van der Waals surface area contributed by atoms with E-state index in [4.69, 9.17) is 44.8 Å². The monoisotopic (exact) mass is 624 g/mol. The second kappa shape index (κ2) is 19.4. The summed E-state index contributed by atoms with van der Waals surface area (Å²) in [6, 6.07) is 0. The number of hydrogen-bond acceptors (Lipinski definition) is 20. The van der Waals surface area contributed by atoms with Gasteiger partial charge in [-0.1, -0.05) is 0 Å². The second-order valence-corrected chi connectivity index (χ2v) is 8.93. The van der Waals surface area contributed by atoms with Gasteiger partial charge in [-0.15, -0.1) is 0 Å². The maximum Gasteiger partial charge on any atom is 0.374 e.